The van der Waals surface area contributed by atoms with Gasteiger partial charge in [-0.2, -0.15) is 0 Å². The lowest BCUT2D eigenvalue weighted by Gasteiger charge is -2.39. The van der Waals surface area contributed by atoms with Gasteiger partial charge in [-0.05, 0) is 42.9 Å². The molecule has 2 bridgehead atoms. The Morgan fingerprint density at radius 1 is 1.42 bits per heavy atom. The van der Waals surface area contributed by atoms with Crippen molar-refractivity contribution in [3.8, 4) is 0 Å². The Bertz CT molecular complexity index is 462. The lowest BCUT2D eigenvalue weighted by Crippen LogP contribution is -2.44. The van der Waals surface area contributed by atoms with E-state index >= 15 is 0 Å². The zero-order chi connectivity index (χ0) is 13.7. The van der Waals surface area contributed by atoms with E-state index in [-0.39, 0.29) is 0 Å². The molecule has 0 amide bonds. The Morgan fingerprint density at radius 3 is 2.79 bits per heavy atom. The van der Waals surface area contributed by atoms with Crippen LogP contribution in [0.5, 0.6) is 0 Å². The van der Waals surface area contributed by atoms with Crippen molar-refractivity contribution in [2.24, 2.45) is 16.7 Å². The van der Waals surface area contributed by atoms with Crippen LogP contribution in [0.2, 0.25) is 0 Å². The molecular formula is C16H27N3. The lowest BCUT2D eigenvalue weighted by atomic mass is 9.69. The molecule has 3 rings (SSSR count). The molecule has 3 nitrogen and oxygen atoms in total. The summed E-state index contributed by atoms with van der Waals surface area (Å²) < 4.78 is 2.23. The summed E-state index contributed by atoms with van der Waals surface area (Å²) in [6.45, 7) is 11.5. The molecule has 3 atom stereocenters. The van der Waals surface area contributed by atoms with Gasteiger partial charge in [-0.1, -0.05) is 20.8 Å². The molecule has 106 valence electrons. The van der Waals surface area contributed by atoms with Crippen LogP contribution in [0.15, 0.2) is 12.4 Å². The molecule has 0 spiro atoms. The van der Waals surface area contributed by atoms with Crippen LogP contribution in [-0.4, -0.2) is 15.6 Å². The number of aryl methyl sites for hydroxylation is 1. The minimum atomic E-state index is 0.460. The van der Waals surface area contributed by atoms with Gasteiger partial charge in [-0.3, -0.25) is 0 Å². The fraction of sp³-hybridized carbons (Fsp3) is 0.812. The number of fused-ring (bicyclic) bond motifs is 2. The van der Waals surface area contributed by atoms with Gasteiger partial charge in [0, 0.05) is 25.0 Å². The topological polar surface area (TPSA) is 29.9 Å². The predicted molar refractivity (Wildman–Crippen MR) is 77.8 cm³/mol. The van der Waals surface area contributed by atoms with E-state index in [0.29, 0.717) is 16.9 Å². The van der Waals surface area contributed by atoms with Gasteiger partial charge in [0.25, 0.3) is 0 Å². The summed E-state index contributed by atoms with van der Waals surface area (Å²) >= 11 is 0. The van der Waals surface area contributed by atoms with Crippen LogP contribution in [-0.2, 0) is 13.1 Å². The fourth-order valence-electron chi connectivity index (χ4n) is 4.52. The van der Waals surface area contributed by atoms with Gasteiger partial charge in [0.05, 0.1) is 6.54 Å². The standard InChI is InChI=1S/C16H27N3/c1-5-19-9-8-17-14(19)11-18-13-10-12-6-7-16(13,4)15(12,2)3/h8-9,12-13,18H,5-7,10-11H2,1-4H3. The van der Waals surface area contributed by atoms with Gasteiger partial charge in [0.2, 0.25) is 0 Å². The summed E-state index contributed by atoms with van der Waals surface area (Å²) in [6.07, 6.45) is 8.13. The highest BCUT2D eigenvalue weighted by Gasteiger charge is 2.60. The molecule has 3 unspecified atom stereocenters. The Labute approximate surface area is 116 Å². The van der Waals surface area contributed by atoms with E-state index in [0.717, 1.165) is 19.0 Å². The van der Waals surface area contributed by atoms with E-state index in [9.17, 15) is 0 Å². The minimum Gasteiger partial charge on any atom is -0.334 e. The summed E-state index contributed by atoms with van der Waals surface area (Å²) in [4.78, 5) is 4.47. The molecule has 19 heavy (non-hydrogen) atoms. The van der Waals surface area contributed by atoms with E-state index in [1.165, 1.54) is 25.1 Å². The van der Waals surface area contributed by atoms with Crippen LogP contribution in [0.25, 0.3) is 0 Å². The maximum Gasteiger partial charge on any atom is 0.122 e. The average Bonchev–Trinajstić information content (AvgIpc) is 2.97. The molecule has 0 aromatic carbocycles. The van der Waals surface area contributed by atoms with Gasteiger partial charge in [-0.15, -0.1) is 0 Å². The highest BCUT2D eigenvalue weighted by atomic mass is 15.1. The first kappa shape index (κ1) is 13.2. The SMILES string of the molecule is CCn1ccnc1CNC1CC2CCC1(C)C2(C)C. The molecule has 3 heteroatoms. The monoisotopic (exact) mass is 261 g/mol. The summed E-state index contributed by atoms with van der Waals surface area (Å²) in [5.41, 5.74) is 0.951. The number of nitrogens with zero attached hydrogens (tertiary/aromatic N) is 2. The molecule has 2 fully saturated rings. The second kappa shape index (κ2) is 4.34. The van der Waals surface area contributed by atoms with E-state index in [2.05, 4.69) is 48.8 Å². The van der Waals surface area contributed by atoms with E-state index in [4.69, 9.17) is 0 Å². The number of aromatic nitrogens is 2. The Hall–Kier alpha value is -0.830. The van der Waals surface area contributed by atoms with Crippen molar-refractivity contribution in [3.63, 3.8) is 0 Å². The third-order valence-corrected chi connectivity index (χ3v) is 6.44. The highest BCUT2D eigenvalue weighted by molar-refractivity contribution is 5.13. The second-order valence-electron chi connectivity index (χ2n) is 7.17. The molecule has 2 saturated carbocycles. The minimum absolute atomic E-state index is 0.460. The summed E-state index contributed by atoms with van der Waals surface area (Å²) in [5.74, 6) is 2.08. The predicted octanol–water partition coefficient (Wildman–Crippen LogP) is 3.21. The van der Waals surface area contributed by atoms with E-state index < -0.39 is 0 Å². The molecule has 1 heterocycles. The first-order valence-corrected chi connectivity index (χ1v) is 7.72. The summed E-state index contributed by atoms with van der Waals surface area (Å²) in [6, 6.07) is 0.656. The van der Waals surface area contributed by atoms with Crippen LogP contribution in [0, 0.1) is 16.7 Å². The van der Waals surface area contributed by atoms with E-state index in [1.807, 2.05) is 6.20 Å². The first-order valence-electron chi connectivity index (χ1n) is 7.72. The molecule has 1 aromatic heterocycles. The second-order valence-corrected chi connectivity index (χ2v) is 7.17. The molecular weight excluding hydrogens is 234 g/mol. The Morgan fingerprint density at radius 2 is 2.21 bits per heavy atom. The number of hydrogen-bond donors (Lipinski definition) is 1. The maximum atomic E-state index is 4.47. The normalized spacial score (nSPS) is 36.0. The van der Waals surface area contributed by atoms with Crippen molar-refractivity contribution in [1.29, 1.82) is 0 Å². The van der Waals surface area contributed by atoms with Crippen molar-refractivity contribution >= 4 is 0 Å². The van der Waals surface area contributed by atoms with Crippen molar-refractivity contribution < 1.29 is 0 Å². The van der Waals surface area contributed by atoms with Gasteiger partial charge >= 0.3 is 0 Å². The Kier molecular flexibility index (Phi) is 3.01. The van der Waals surface area contributed by atoms with Gasteiger partial charge in [0.1, 0.15) is 5.82 Å². The Balaban J connectivity index is 1.69. The van der Waals surface area contributed by atoms with Crippen LogP contribution in [0.3, 0.4) is 0 Å². The van der Waals surface area contributed by atoms with Crippen molar-refractivity contribution in [2.75, 3.05) is 0 Å². The van der Waals surface area contributed by atoms with Gasteiger partial charge < -0.3 is 9.88 Å². The highest BCUT2D eigenvalue weighted by Crippen LogP contribution is 2.65. The average molecular weight is 261 g/mol. The molecule has 0 aliphatic heterocycles. The van der Waals surface area contributed by atoms with Crippen molar-refractivity contribution in [2.45, 2.75) is 66.1 Å². The number of imidazole rings is 1. The van der Waals surface area contributed by atoms with Gasteiger partial charge in [0.15, 0.2) is 0 Å². The molecule has 1 N–H and O–H groups in total. The smallest absolute Gasteiger partial charge is 0.122 e. The number of hydrogen-bond acceptors (Lipinski definition) is 2. The maximum absolute atomic E-state index is 4.47. The van der Waals surface area contributed by atoms with Crippen molar-refractivity contribution in [1.82, 2.24) is 14.9 Å². The molecule has 2 aliphatic rings. The van der Waals surface area contributed by atoms with Crippen LogP contribution < -0.4 is 5.32 Å². The first-order chi connectivity index (χ1) is 8.99. The third-order valence-electron chi connectivity index (χ3n) is 6.44. The van der Waals surface area contributed by atoms with Crippen LogP contribution in [0.4, 0.5) is 0 Å². The fourth-order valence-corrected chi connectivity index (χ4v) is 4.52. The number of nitrogens with one attached hydrogen (secondary N) is 1. The summed E-state index contributed by atoms with van der Waals surface area (Å²) in [5, 5.41) is 3.80. The molecule has 0 saturated heterocycles. The zero-order valence-electron chi connectivity index (χ0n) is 12.7. The quantitative estimate of drug-likeness (QED) is 0.902. The van der Waals surface area contributed by atoms with Crippen LogP contribution >= 0.6 is 0 Å². The molecule has 1 aromatic rings. The zero-order valence-corrected chi connectivity index (χ0v) is 12.7. The third kappa shape index (κ3) is 1.78. The molecule has 0 radical (unpaired) electrons. The molecule has 2 aliphatic carbocycles. The summed E-state index contributed by atoms with van der Waals surface area (Å²) in [7, 11) is 0. The lowest BCUT2D eigenvalue weighted by molar-refractivity contribution is 0.120. The number of rotatable bonds is 4. The van der Waals surface area contributed by atoms with Crippen molar-refractivity contribution in [3.05, 3.63) is 18.2 Å². The largest absolute Gasteiger partial charge is 0.334 e. The van der Waals surface area contributed by atoms with Gasteiger partial charge in [-0.25, -0.2) is 4.98 Å². The van der Waals surface area contributed by atoms with Crippen LogP contribution in [0.1, 0.15) is 52.8 Å². The van der Waals surface area contributed by atoms with E-state index in [1.54, 1.807) is 0 Å².